The molecule has 0 saturated carbocycles. The Labute approximate surface area is 102 Å². The van der Waals surface area contributed by atoms with Crippen LogP contribution in [0.2, 0.25) is 0 Å². The maximum atomic E-state index is 12.7. The van der Waals surface area contributed by atoms with Gasteiger partial charge < -0.3 is 5.32 Å². The molecule has 1 aromatic heterocycles. The fraction of sp³-hybridized carbons (Fsp3) is 0.250. The minimum absolute atomic E-state index is 0.305. The largest absolute Gasteiger partial charge is 0.378 e. The summed E-state index contributed by atoms with van der Waals surface area (Å²) in [6.45, 7) is -0.577. The van der Waals surface area contributed by atoms with E-state index in [-0.39, 0.29) is 5.82 Å². The molecule has 0 fully saturated rings. The van der Waals surface area contributed by atoms with Crippen LogP contribution in [0.3, 0.4) is 0 Å². The van der Waals surface area contributed by atoms with Crippen molar-refractivity contribution in [3.63, 3.8) is 0 Å². The van der Waals surface area contributed by atoms with Crippen molar-refractivity contribution in [2.45, 2.75) is 20.0 Å². The van der Waals surface area contributed by atoms with Crippen molar-refractivity contribution >= 4 is 5.69 Å². The summed E-state index contributed by atoms with van der Waals surface area (Å²) in [6.07, 6.45) is 1.25. The highest BCUT2D eigenvalue weighted by Crippen LogP contribution is 2.18. The average Bonchev–Trinajstić information content (AvgIpc) is 2.70. The number of alkyl halides is 2. The molecule has 0 bridgehead atoms. The number of aromatic nitrogens is 2. The maximum absolute atomic E-state index is 12.7. The lowest BCUT2D eigenvalue weighted by molar-refractivity contribution is 0.0563. The molecule has 0 saturated heterocycles. The van der Waals surface area contributed by atoms with Gasteiger partial charge in [0.1, 0.15) is 5.82 Å². The van der Waals surface area contributed by atoms with E-state index in [9.17, 15) is 13.2 Å². The highest BCUT2D eigenvalue weighted by molar-refractivity contribution is 5.46. The number of hydrogen-bond acceptors (Lipinski definition) is 2. The first-order valence-corrected chi connectivity index (χ1v) is 5.38. The van der Waals surface area contributed by atoms with Gasteiger partial charge in [-0.05, 0) is 24.6 Å². The van der Waals surface area contributed by atoms with E-state index in [4.69, 9.17) is 0 Å². The third kappa shape index (κ3) is 2.82. The third-order valence-corrected chi connectivity index (χ3v) is 2.51. The van der Waals surface area contributed by atoms with Gasteiger partial charge in [-0.15, -0.1) is 0 Å². The SMILES string of the molecule is Cc1nn(C(F)F)cc1NCc1ccc(F)cc1. The lowest BCUT2D eigenvalue weighted by Crippen LogP contribution is -1.99. The second kappa shape index (κ2) is 5.12. The molecule has 6 heteroatoms. The van der Waals surface area contributed by atoms with Gasteiger partial charge in [0, 0.05) is 6.54 Å². The molecule has 0 aliphatic heterocycles. The van der Waals surface area contributed by atoms with Gasteiger partial charge in [0.15, 0.2) is 0 Å². The Morgan fingerprint density at radius 2 is 1.94 bits per heavy atom. The van der Waals surface area contributed by atoms with Gasteiger partial charge in [0.2, 0.25) is 0 Å². The zero-order chi connectivity index (χ0) is 13.1. The minimum Gasteiger partial charge on any atom is -0.378 e. The highest BCUT2D eigenvalue weighted by atomic mass is 19.3. The van der Waals surface area contributed by atoms with Crippen LogP contribution in [-0.4, -0.2) is 9.78 Å². The number of hydrogen-bond donors (Lipinski definition) is 1. The fourth-order valence-electron chi connectivity index (χ4n) is 1.55. The van der Waals surface area contributed by atoms with Gasteiger partial charge in [-0.25, -0.2) is 9.07 Å². The Balaban J connectivity index is 2.03. The first kappa shape index (κ1) is 12.5. The first-order chi connectivity index (χ1) is 8.56. The molecule has 1 heterocycles. The van der Waals surface area contributed by atoms with Crippen LogP contribution in [0.5, 0.6) is 0 Å². The molecule has 1 aromatic carbocycles. The summed E-state index contributed by atoms with van der Waals surface area (Å²) in [5, 5.41) is 6.67. The normalized spacial score (nSPS) is 10.9. The summed E-state index contributed by atoms with van der Waals surface area (Å²) in [4.78, 5) is 0. The fourth-order valence-corrected chi connectivity index (χ4v) is 1.55. The number of anilines is 1. The van der Waals surface area contributed by atoms with E-state index in [1.807, 2.05) is 0 Å². The van der Waals surface area contributed by atoms with Crippen molar-refractivity contribution in [2.24, 2.45) is 0 Å². The van der Waals surface area contributed by atoms with Crippen molar-refractivity contribution in [1.29, 1.82) is 0 Å². The lowest BCUT2D eigenvalue weighted by atomic mass is 10.2. The second-order valence-corrected chi connectivity index (χ2v) is 3.87. The first-order valence-electron chi connectivity index (χ1n) is 5.38. The van der Waals surface area contributed by atoms with Gasteiger partial charge in [-0.1, -0.05) is 12.1 Å². The molecular formula is C12H12F3N3. The quantitative estimate of drug-likeness (QED) is 0.908. The van der Waals surface area contributed by atoms with Crippen molar-refractivity contribution in [2.75, 3.05) is 5.32 Å². The van der Waals surface area contributed by atoms with Crippen molar-refractivity contribution in [3.8, 4) is 0 Å². The zero-order valence-corrected chi connectivity index (χ0v) is 9.70. The van der Waals surface area contributed by atoms with Crippen molar-refractivity contribution in [3.05, 3.63) is 47.5 Å². The Morgan fingerprint density at radius 1 is 1.28 bits per heavy atom. The third-order valence-electron chi connectivity index (χ3n) is 2.51. The van der Waals surface area contributed by atoms with E-state index in [1.165, 1.54) is 18.3 Å². The van der Waals surface area contributed by atoms with E-state index in [1.54, 1.807) is 19.1 Å². The molecule has 18 heavy (non-hydrogen) atoms. The van der Waals surface area contributed by atoms with E-state index >= 15 is 0 Å². The smallest absolute Gasteiger partial charge is 0.333 e. The molecule has 0 atom stereocenters. The van der Waals surface area contributed by atoms with Crippen molar-refractivity contribution in [1.82, 2.24) is 9.78 Å². The molecule has 0 aliphatic carbocycles. The second-order valence-electron chi connectivity index (χ2n) is 3.87. The Bertz CT molecular complexity index is 520. The topological polar surface area (TPSA) is 29.9 Å². The molecule has 0 aliphatic rings. The molecule has 0 unspecified atom stereocenters. The van der Waals surface area contributed by atoms with Gasteiger partial charge in [-0.3, -0.25) is 0 Å². The number of benzene rings is 1. The molecule has 3 nitrogen and oxygen atoms in total. The highest BCUT2D eigenvalue weighted by Gasteiger charge is 2.10. The predicted octanol–water partition coefficient (Wildman–Crippen LogP) is 3.34. The van der Waals surface area contributed by atoms with E-state index < -0.39 is 6.55 Å². The molecule has 0 amide bonds. The van der Waals surface area contributed by atoms with Crippen molar-refractivity contribution < 1.29 is 13.2 Å². The average molecular weight is 255 g/mol. The Hall–Kier alpha value is -1.98. The number of rotatable bonds is 4. The summed E-state index contributed by atoms with van der Waals surface area (Å²) >= 11 is 0. The molecular weight excluding hydrogens is 243 g/mol. The van der Waals surface area contributed by atoms with Crippen LogP contribution in [0.1, 0.15) is 17.8 Å². The summed E-state index contributed by atoms with van der Waals surface area (Å²) in [5.74, 6) is -0.305. The van der Waals surface area contributed by atoms with Crippen LogP contribution in [-0.2, 0) is 6.54 Å². The number of aryl methyl sites for hydroxylation is 1. The van der Waals surface area contributed by atoms with Crippen LogP contribution in [0, 0.1) is 12.7 Å². The zero-order valence-electron chi connectivity index (χ0n) is 9.70. The number of nitrogens with one attached hydrogen (secondary N) is 1. The van der Waals surface area contributed by atoms with Gasteiger partial charge in [-0.2, -0.15) is 13.9 Å². The number of nitrogens with zero attached hydrogens (tertiary/aromatic N) is 2. The van der Waals surface area contributed by atoms with Crippen LogP contribution in [0.15, 0.2) is 30.5 Å². The Morgan fingerprint density at radius 3 is 2.50 bits per heavy atom. The summed E-state index contributed by atoms with van der Waals surface area (Å²) in [5.41, 5.74) is 1.90. The lowest BCUT2D eigenvalue weighted by Gasteiger charge is -2.04. The van der Waals surface area contributed by atoms with Gasteiger partial charge in [0.25, 0.3) is 0 Å². The minimum atomic E-state index is -2.65. The van der Waals surface area contributed by atoms with E-state index in [0.29, 0.717) is 22.6 Å². The molecule has 96 valence electrons. The maximum Gasteiger partial charge on any atom is 0.333 e. The number of halogens is 3. The molecule has 2 rings (SSSR count). The van der Waals surface area contributed by atoms with Crippen LogP contribution in [0.25, 0.3) is 0 Å². The van der Waals surface area contributed by atoms with Crippen LogP contribution < -0.4 is 5.32 Å². The monoisotopic (exact) mass is 255 g/mol. The van der Waals surface area contributed by atoms with Gasteiger partial charge >= 0.3 is 6.55 Å². The van der Waals surface area contributed by atoms with E-state index in [0.717, 1.165) is 5.56 Å². The van der Waals surface area contributed by atoms with Crippen LogP contribution in [0.4, 0.5) is 18.9 Å². The molecule has 0 spiro atoms. The summed E-state index contributed by atoms with van der Waals surface area (Å²) < 4.78 is 38.1. The van der Waals surface area contributed by atoms with E-state index in [2.05, 4.69) is 10.4 Å². The van der Waals surface area contributed by atoms with Crippen LogP contribution >= 0.6 is 0 Å². The molecule has 1 N–H and O–H groups in total. The molecule has 2 aromatic rings. The standard InChI is InChI=1S/C12H12F3N3/c1-8-11(7-18(17-8)12(14)15)16-6-9-2-4-10(13)5-3-9/h2-5,7,12,16H,6H2,1H3. The Kier molecular flexibility index (Phi) is 3.55. The summed E-state index contributed by atoms with van der Waals surface area (Å²) in [6, 6.07) is 5.98. The molecule has 0 radical (unpaired) electrons. The summed E-state index contributed by atoms with van der Waals surface area (Å²) in [7, 11) is 0. The predicted molar refractivity (Wildman–Crippen MR) is 61.9 cm³/mol. The van der Waals surface area contributed by atoms with Gasteiger partial charge in [0.05, 0.1) is 17.6 Å².